The maximum absolute atomic E-state index is 5.78. The Morgan fingerprint density at radius 2 is 1.85 bits per heavy atom. The monoisotopic (exact) mass is 275 g/mol. The number of ether oxygens (including phenoxy) is 2. The molecular weight excluding hydrogens is 250 g/mol. The molecule has 1 aromatic rings. The van der Waals surface area contributed by atoms with E-state index in [9.17, 15) is 0 Å². The average molecular weight is 275 g/mol. The normalized spacial score (nSPS) is 22.9. The van der Waals surface area contributed by atoms with Gasteiger partial charge in [-0.3, -0.25) is 0 Å². The van der Waals surface area contributed by atoms with Crippen molar-refractivity contribution < 1.29 is 9.47 Å². The Morgan fingerprint density at radius 1 is 1.10 bits per heavy atom. The number of rotatable bonds is 6. The molecule has 0 spiro atoms. The van der Waals surface area contributed by atoms with Crippen LogP contribution in [0, 0.1) is 0 Å². The first-order valence-electron chi connectivity index (χ1n) is 7.77. The van der Waals surface area contributed by atoms with Crippen molar-refractivity contribution in [3.8, 4) is 11.5 Å². The average Bonchev–Trinajstić information content (AvgIpc) is 3.08. The van der Waals surface area contributed by atoms with E-state index in [2.05, 4.69) is 6.07 Å². The van der Waals surface area contributed by atoms with Crippen molar-refractivity contribution in [1.82, 2.24) is 0 Å². The highest BCUT2D eigenvalue weighted by molar-refractivity contribution is 5.60. The number of aryl methyl sites for hydroxylation is 1. The van der Waals surface area contributed by atoms with E-state index in [0.717, 1.165) is 37.3 Å². The molecule has 3 rings (SSSR count). The van der Waals surface area contributed by atoms with E-state index in [4.69, 9.17) is 15.2 Å². The maximum Gasteiger partial charge on any atom is 0.126 e. The maximum atomic E-state index is 5.78. The third-order valence-corrected chi connectivity index (χ3v) is 4.97. The molecule has 0 radical (unpaired) electrons. The lowest BCUT2D eigenvalue weighted by molar-refractivity contribution is 0.386. The van der Waals surface area contributed by atoms with Gasteiger partial charge >= 0.3 is 0 Å². The van der Waals surface area contributed by atoms with Gasteiger partial charge in [-0.15, -0.1) is 0 Å². The SMILES string of the molecule is COc1cc(CCCCN)c(OC)c2c1C1CCC2C1. The van der Waals surface area contributed by atoms with Crippen LogP contribution in [0.2, 0.25) is 0 Å². The second kappa shape index (κ2) is 5.65. The number of hydrogen-bond donors (Lipinski definition) is 1. The van der Waals surface area contributed by atoms with E-state index >= 15 is 0 Å². The number of nitrogens with two attached hydrogens (primary N) is 1. The van der Waals surface area contributed by atoms with Gasteiger partial charge in [0.05, 0.1) is 14.2 Å². The molecule has 3 nitrogen and oxygen atoms in total. The Balaban J connectivity index is 2.01. The lowest BCUT2D eigenvalue weighted by Crippen LogP contribution is -2.07. The zero-order valence-electron chi connectivity index (χ0n) is 12.6. The third kappa shape index (κ3) is 2.08. The number of unbranched alkanes of at least 4 members (excludes halogenated alkanes) is 1. The lowest BCUT2D eigenvalue weighted by Gasteiger charge is -2.23. The van der Waals surface area contributed by atoms with Gasteiger partial charge in [0.2, 0.25) is 0 Å². The lowest BCUT2D eigenvalue weighted by atomic mass is 9.87. The molecule has 1 aromatic carbocycles. The van der Waals surface area contributed by atoms with Crippen LogP contribution < -0.4 is 15.2 Å². The summed E-state index contributed by atoms with van der Waals surface area (Å²) in [5.41, 5.74) is 9.78. The summed E-state index contributed by atoms with van der Waals surface area (Å²) in [6.45, 7) is 0.759. The van der Waals surface area contributed by atoms with Gasteiger partial charge in [-0.2, -0.15) is 0 Å². The molecule has 0 heterocycles. The van der Waals surface area contributed by atoms with E-state index < -0.39 is 0 Å². The van der Waals surface area contributed by atoms with E-state index in [1.807, 2.05) is 0 Å². The summed E-state index contributed by atoms with van der Waals surface area (Å²) < 4.78 is 11.5. The van der Waals surface area contributed by atoms with E-state index in [-0.39, 0.29) is 0 Å². The number of methoxy groups -OCH3 is 2. The van der Waals surface area contributed by atoms with E-state index in [0.29, 0.717) is 11.8 Å². The van der Waals surface area contributed by atoms with Crippen LogP contribution in [0.4, 0.5) is 0 Å². The number of hydrogen-bond acceptors (Lipinski definition) is 3. The molecule has 1 fully saturated rings. The molecule has 1 saturated carbocycles. The van der Waals surface area contributed by atoms with Crippen molar-refractivity contribution >= 4 is 0 Å². The number of benzene rings is 1. The molecule has 3 heteroatoms. The fourth-order valence-corrected chi connectivity index (χ4v) is 4.12. The molecule has 0 amide bonds. The standard InChI is InChI=1S/C17H25NO2/c1-19-14-10-13(5-3-4-8-18)17(20-2)16-12-7-6-11(9-12)15(14)16/h10-12H,3-9,18H2,1-2H3. The summed E-state index contributed by atoms with van der Waals surface area (Å²) in [6, 6.07) is 2.20. The molecule has 2 aliphatic rings. The molecule has 2 N–H and O–H groups in total. The molecule has 0 saturated heterocycles. The van der Waals surface area contributed by atoms with Gasteiger partial charge in [-0.25, -0.2) is 0 Å². The second-order valence-corrected chi connectivity index (χ2v) is 6.05. The van der Waals surface area contributed by atoms with Crippen LogP contribution in [0.5, 0.6) is 11.5 Å². The smallest absolute Gasteiger partial charge is 0.126 e. The van der Waals surface area contributed by atoms with Crippen LogP contribution in [-0.2, 0) is 6.42 Å². The predicted molar refractivity (Wildman–Crippen MR) is 80.9 cm³/mol. The Hall–Kier alpha value is -1.22. The molecule has 2 aliphatic carbocycles. The minimum Gasteiger partial charge on any atom is -0.496 e. The first-order chi connectivity index (χ1) is 9.80. The topological polar surface area (TPSA) is 44.5 Å². The molecule has 0 aromatic heterocycles. The van der Waals surface area contributed by atoms with Crippen molar-refractivity contribution in [3.63, 3.8) is 0 Å². The van der Waals surface area contributed by atoms with Crippen molar-refractivity contribution in [1.29, 1.82) is 0 Å². The van der Waals surface area contributed by atoms with Crippen molar-refractivity contribution in [2.24, 2.45) is 5.73 Å². The highest BCUT2D eigenvalue weighted by Gasteiger charge is 2.42. The molecule has 2 bridgehead atoms. The molecule has 110 valence electrons. The minimum absolute atomic E-state index is 0.688. The Bertz CT molecular complexity index is 498. The van der Waals surface area contributed by atoms with Gasteiger partial charge in [0.15, 0.2) is 0 Å². The van der Waals surface area contributed by atoms with Gasteiger partial charge in [0, 0.05) is 11.1 Å². The van der Waals surface area contributed by atoms with Crippen LogP contribution in [0.3, 0.4) is 0 Å². The third-order valence-electron chi connectivity index (χ3n) is 4.97. The Kier molecular flexibility index (Phi) is 3.88. The summed E-state index contributed by atoms with van der Waals surface area (Å²) in [5, 5.41) is 0. The number of fused-ring (bicyclic) bond motifs is 5. The van der Waals surface area contributed by atoms with Gasteiger partial charge in [-0.05, 0) is 68.5 Å². The Labute approximate surface area is 121 Å². The predicted octanol–water partition coefficient (Wildman–Crippen LogP) is 3.35. The van der Waals surface area contributed by atoms with Crippen LogP contribution in [0.25, 0.3) is 0 Å². The first-order valence-corrected chi connectivity index (χ1v) is 7.77. The summed E-state index contributed by atoms with van der Waals surface area (Å²) in [4.78, 5) is 0. The zero-order valence-corrected chi connectivity index (χ0v) is 12.6. The molecule has 2 atom stereocenters. The van der Waals surface area contributed by atoms with Crippen LogP contribution in [-0.4, -0.2) is 20.8 Å². The molecular formula is C17H25NO2. The van der Waals surface area contributed by atoms with Crippen LogP contribution >= 0.6 is 0 Å². The van der Waals surface area contributed by atoms with Gasteiger partial charge < -0.3 is 15.2 Å². The fourth-order valence-electron chi connectivity index (χ4n) is 4.12. The largest absolute Gasteiger partial charge is 0.496 e. The summed E-state index contributed by atoms with van der Waals surface area (Å²) >= 11 is 0. The second-order valence-electron chi connectivity index (χ2n) is 6.05. The summed E-state index contributed by atoms with van der Waals surface area (Å²) in [5.74, 6) is 3.59. The van der Waals surface area contributed by atoms with Crippen molar-refractivity contribution in [2.75, 3.05) is 20.8 Å². The Morgan fingerprint density at radius 3 is 2.50 bits per heavy atom. The van der Waals surface area contributed by atoms with Crippen LogP contribution in [0.1, 0.15) is 60.6 Å². The minimum atomic E-state index is 0.688. The first kappa shape index (κ1) is 13.7. The highest BCUT2D eigenvalue weighted by Crippen LogP contribution is 2.59. The quantitative estimate of drug-likeness (QED) is 0.810. The molecule has 0 aliphatic heterocycles. The summed E-state index contributed by atoms with van der Waals surface area (Å²) in [7, 11) is 3.60. The molecule has 20 heavy (non-hydrogen) atoms. The van der Waals surface area contributed by atoms with Gasteiger partial charge in [0.1, 0.15) is 11.5 Å². The van der Waals surface area contributed by atoms with Crippen molar-refractivity contribution in [2.45, 2.75) is 50.4 Å². The molecule has 2 unspecified atom stereocenters. The zero-order chi connectivity index (χ0) is 14.1. The van der Waals surface area contributed by atoms with E-state index in [1.165, 1.54) is 36.0 Å². The van der Waals surface area contributed by atoms with Crippen LogP contribution in [0.15, 0.2) is 6.07 Å². The van der Waals surface area contributed by atoms with Gasteiger partial charge in [0.25, 0.3) is 0 Å². The van der Waals surface area contributed by atoms with Gasteiger partial charge in [-0.1, -0.05) is 0 Å². The highest BCUT2D eigenvalue weighted by atomic mass is 16.5. The van der Waals surface area contributed by atoms with E-state index in [1.54, 1.807) is 14.2 Å². The summed E-state index contributed by atoms with van der Waals surface area (Å²) in [6.07, 6.45) is 7.11. The fraction of sp³-hybridized carbons (Fsp3) is 0.647. The van der Waals surface area contributed by atoms with Crippen molar-refractivity contribution in [3.05, 3.63) is 22.8 Å².